The fourth-order valence-electron chi connectivity index (χ4n) is 2.60. The molecule has 0 aromatic heterocycles. The van der Waals surface area contributed by atoms with Crippen LogP contribution in [0, 0.1) is 13.8 Å². The molecule has 7 heteroatoms. The van der Waals surface area contributed by atoms with Gasteiger partial charge in [-0.3, -0.25) is 4.72 Å². The Hall–Kier alpha value is -2.41. The highest BCUT2D eigenvalue weighted by molar-refractivity contribution is 7.92. The Morgan fingerprint density at radius 1 is 1.00 bits per heavy atom. The summed E-state index contributed by atoms with van der Waals surface area (Å²) in [5.74, 6) is 1.80. The number of fused-ring (bicyclic) bond motifs is 1. The van der Waals surface area contributed by atoms with Gasteiger partial charge in [-0.05, 0) is 49.2 Å². The van der Waals surface area contributed by atoms with Gasteiger partial charge in [-0.1, -0.05) is 0 Å². The average molecular weight is 349 g/mol. The number of sulfonamides is 1. The van der Waals surface area contributed by atoms with E-state index in [-0.39, 0.29) is 4.90 Å². The average Bonchev–Trinajstić information content (AvgIpc) is 2.56. The van der Waals surface area contributed by atoms with Crippen LogP contribution in [0.1, 0.15) is 11.1 Å². The summed E-state index contributed by atoms with van der Waals surface area (Å²) in [4.78, 5) is 0.218. The van der Waals surface area contributed by atoms with Gasteiger partial charge >= 0.3 is 0 Å². The molecule has 1 heterocycles. The molecule has 2 aromatic carbocycles. The van der Waals surface area contributed by atoms with Gasteiger partial charge in [-0.2, -0.15) is 0 Å². The number of rotatable bonds is 4. The summed E-state index contributed by atoms with van der Waals surface area (Å²) in [5, 5.41) is 0. The Bertz CT molecular complexity index is 877. The summed E-state index contributed by atoms with van der Waals surface area (Å²) in [6, 6.07) is 8.16. The Morgan fingerprint density at radius 3 is 2.42 bits per heavy atom. The quantitative estimate of drug-likeness (QED) is 0.919. The van der Waals surface area contributed by atoms with E-state index < -0.39 is 10.0 Å². The van der Waals surface area contributed by atoms with Crippen molar-refractivity contribution in [1.29, 1.82) is 0 Å². The van der Waals surface area contributed by atoms with Gasteiger partial charge in [0.2, 0.25) is 0 Å². The summed E-state index contributed by atoms with van der Waals surface area (Å²) in [7, 11) is -2.16. The van der Waals surface area contributed by atoms with E-state index in [4.69, 9.17) is 14.2 Å². The van der Waals surface area contributed by atoms with E-state index in [1.165, 1.54) is 0 Å². The molecule has 128 valence electrons. The van der Waals surface area contributed by atoms with E-state index in [1.807, 2.05) is 6.92 Å². The number of anilines is 1. The van der Waals surface area contributed by atoms with Gasteiger partial charge in [0.05, 0.1) is 17.7 Å². The standard InChI is InChI=1S/C17H19NO5S/c1-11-12(2)17(7-6-14(11)21-3)24(19,20)18-13-4-5-15-16(10-13)23-9-8-22-15/h4-7,10,18H,8-9H2,1-3H3. The maximum absolute atomic E-state index is 12.7. The van der Waals surface area contributed by atoms with Crippen molar-refractivity contribution in [3.63, 3.8) is 0 Å². The molecule has 0 saturated carbocycles. The minimum absolute atomic E-state index is 0.218. The van der Waals surface area contributed by atoms with Crippen LogP contribution in [0.25, 0.3) is 0 Å². The fraction of sp³-hybridized carbons (Fsp3) is 0.294. The summed E-state index contributed by atoms with van der Waals surface area (Å²) >= 11 is 0. The molecule has 0 fully saturated rings. The lowest BCUT2D eigenvalue weighted by molar-refractivity contribution is 0.171. The molecule has 0 saturated heterocycles. The Morgan fingerprint density at radius 2 is 1.71 bits per heavy atom. The zero-order chi connectivity index (χ0) is 17.3. The number of nitrogens with one attached hydrogen (secondary N) is 1. The van der Waals surface area contributed by atoms with Gasteiger partial charge in [0.1, 0.15) is 19.0 Å². The van der Waals surface area contributed by atoms with Crippen molar-refractivity contribution in [3.05, 3.63) is 41.5 Å². The molecule has 0 aliphatic carbocycles. The molecule has 0 amide bonds. The van der Waals surface area contributed by atoms with Crippen molar-refractivity contribution in [2.24, 2.45) is 0 Å². The molecule has 6 nitrogen and oxygen atoms in total. The van der Waals surface area contributed by atoms with Crippen molar-refractivity contribution in [2.75, 3.05) is 25.0 Å². The third-order valence-electron chi connectivity index (χ3n) is 3.99. The molecular formula is C17H19NO5S. The van der Waals surface area contributed by atoms with Crippen molar-refractivity contribution >= 4 is 15.7 Å². The second-order valence-corrected chi connectivity index (χ2v) is 7.13. The molecule has 1 aliphatic heterocycles. The van der Waals surface area contributed by atoms with Crippen LogP contribution in [0.3, 0.4) is 0 Å². The SMILES string of the molecule is COc1ccc(S(=O)(=O)Nc2ccc3c(c2)OCCO3)c(C)c1C. The number of methoxy groups -OCH3 is 1. The number of ether oxygens (including phenoxy) is 3. The molecule has 0 spiro atoms. The minimum atomic E-state index is -3.72. The summed E-state index contributed by atoms with van der Waals surface area (Å²) < 4.78 is 44.2. The Kier molecular flexibility index (Phi) is 4.28. The van der Waals surface area contributed by atoms with E-state index in [0.29, 0.717) is 41.7 Å². The number of benzene rings is 2. The van der Waals surface area contributed by atoms with Gasteiger partial charge in [-0.15, -0.1) is 0 Å². The zero-order valence-corrected chi connectivity index (χ0v) is 14.6. The first-order valence-corrected chi connectivity index (χ1v) is 8.97. The smallest absolute Gasteiger partial charge is 0.262 e. The zero-order valence-electron chi connectivity index (χ0n) is 13.8. The van der Waals surface area contributed by atoms with Crippen molar-refractivity contribution in [2.45, 2.75) is 18.7 Å². The van der Waals surface area contributed by atoms with Gasteiger partial charge in [0.25, 0.3) is 10.0 Å². The highest BCUT2D eigenvalue weighted by Gasteiger charge is 2.21. The van der Waals surface area contributed by atoms with Crippen LogP contribution in [0.4, 0.5) is 5.69 Å². The fourth-order valence-corrected chi connectivity index (χ4v) is 3.95. The normalized spacial score (nSPS) is 13.5. The summed E-state index contributed by atoms with van der Waals surface area (Å²) in [5.41, 5.74) is 1.87. The molecular weight excluding hydrogens is 330 g/mol. The van der Waals surface area contributed by atoms with Crippen LogP contribution in [-0.4, -0.2) is 28.7 Å². The minimum Gasteiger partial charge on any atom is -0.496 e. The molecule has 1 N–H and O–H groups in total. The largest absolute Gasteiger partial charge is 0.496 e. The van der Waals surface area contributed by atoms with Crippen LogP contribution in [0.2, 0.25) is 0 Å². The lowest BCUT2D eigenvalue weighted by Gasteiger charge is -2.19. The van der Waals surface area contributed by atoms with E-state index >= 15 is 0 Å². The van der Waals surface area contributed by atoms with Crippen LogP contribution in [0.15, 0.2) is 35.2 Å². The van der Waals surface area contributed by atoms with Gasteiger partial charge < -0.3 is 14.2 Å². The van der Waals surface area contributed by atoms with Crippen LogP contribution < -0.4 is 18.9 Å². The highest BCUT2D eigenvalue weighted by atomic mass is 32.2. The van der Waals surface area contributed by atoms with E-state index in [0.717, 1.165) is 5.56 Å². The first kappa shape index (κ1) is 16.4. The molecule has 3 rings (SSSR count). The maximum Gasteiger partial charge on any atom is 0.262 e. The molecule has 24 heavy (non-hydrogen) atoms. The van der Waals surface area contributed by atoms with Crippen molar-refractivity contribution < 1.29 is 22.6 Å². The second kappa shape index (κ2) is 6.24. The molecule has 0 bridgehead atoms. The third-order valence-corrected chi connectivity index (χ3v) is 5.52. The Balaban J connectivity index is 1.93. The molecule has 2 aromatic rings. The highest BCUT2D eigenvalue weighted by Crippen LogP contribution is 2.34. The second-order valence-electron chi connectivity index (χ2n) is 5.48. The van der Waals surface area contributed by atoms with Gasteiger partial charge in [0.15, 0.2) is 11.5 Å². The van der Waals surface area contributed by atoms with E-state index in [2.05, 4.69) is 4.72 Å². The van der Waals surface area contributed by atoms with Crippen LogP contribution >= 0.6 is 0 Å². The van der Waals surface area contributed by atoms with Crippen molar-refractivity contribution in [3.8, 4) is 17.2 Å². The predicted molar refractivity (Wildman–Crippen MR) is 90.7 cm³/mol. The van der Waals surface area contributed by atoms with Crippen LogP contribution in [-0.2, 0) is 10.0 Å². The predicted octanol–water partition coefficient (Wildman–Crippen LogP) is 2.88. The Labute approximate surface area is 141 Å². The molecule has 0 atom stereocenters. The topological polar surface area (TPSA) is 73.9 Å². The third kappa shape index (κ3) is 2.99. The van der Waals surface area contributed by atoms with Crippen LogP contribution in [0.5, 0.6) is 17.2 Å². The van der Waals surface area contributed by atoms with E-state index in [1.54, 1.807) is 44.4 Å². The first-order valence-electron chi connectivity index (χ1n) is 7.49. The van der Waals surface area contributed by atoms with Gasteiger partial charge in [0, 0.05) is 6.07 Å². The number of hydrogen-bond acceptors (Lipinski definition) is 5. The number of hydrogen-bond donors (Lipinski definition) is 1. The molecule has 0 unspecified atom stereocenters. The van der Waals surface area contributed by atoms with Crippen molar-refractivity contribution in [1.82, 2.24) is 0 Å². The van der Waals surface area contributed by atoms with Gasteiger partial charge in [-0.25, -0.2) is 8.42 Å². The summed E-state index contributed by atoms with van der Waals surface area (Å²) in [6.07, 6.45) is 0. The lowest BCUT2D eigenvalue weighted by Crippen LogP contribution is -2.17. The maximum atomic E-state index is 12.7. The molecule has 1 aliphatic rings. The first-order chi connectivity index (χ1) is 11.4. The molecule has 0 radical (unpaired) electrons. The lowest BCUT2D eigenvalue weighted by atomic mass is 10.1. The van der Waals surface area contributed by atoms with E-state index in [9.17, 15) is 8.42 Å². The summed E-state index contributed by atoms with van der Waals surface area (Å²) in [6.45, 7) is 4.52. The monoisotopic (exact) mass is 349 g/mol.